The lowest BCUT2D eigenvalue weighted by Crippen LogP contribution is -2.30. The van der Waals surface area contributed by atoms with Gasteiger partial charge >= 0.3 is 17.9 Å². The summed E-state index contributed by atoms with van der Waals surface area (Å²) < 4.78 is 16.9. The van der Waals surface area contributed by atoms with Gasteiger partial charge in [-0.25, -0.2) is 0 Å². The second-order valence-corrected chi connectivity index (χ2v) is 19.5. The third-order valence-corrected chi connectivity index (χ3v) is 12.6. The van der Waals surface area contributed by atoms with Crippen molar-refractivity contribution < 1.29 is 28.6 Å². The highest BCUT2D eigenvalue weighted by molar-refractivity contribution is 5.71. The van der Waals surface area contributed by atoms with Crippen LogP contribution in [0.25, 0.3) is 0 Å². The summed E-state index contributed by atoms with van der Waals surface area (Å²) in [7, 11) is 0. The van der Waals surface area contributed by atoms with E-state index >= 15 is 0 Å². The molecule has 0 aliphatic heterocycles. The van der Waals surface area contributed by atoms with Crippen LogP contribution < -0.4 is 0 Å². The van der Waals surface area contributed by atoms with E-state index in [1.807, 2.05) is 0 Å². The van der Waals surface area contributed by atoms with Crippen LogP contribution in [-0.4, -0.2) is 37.2 Å². The molecule has 0 amide bonds. The molecule has 6 heteroatoms. The van der Waals surface area contributed by atoms with E-state index in [4.69, 9.17) is 14.2 Å². The highest BCUT2D eigenvalue weighted by atomic mass is 16.6. The summed E-state index contributed by atoms with van der Waals surface area (Å²) >= 11 is 0. The Morgan fingerprint density at radius 2 is 0.549 bits per heavy atom. The maximum atomic E-state index is 12.9. The van der Waals surface area contributed by atoms with Crippen molar-refractivity contribution in [3.63, 3.8) is 0 Å². The molecule has 0 rings (SSSR count). The van der Waals surface area contributed by atoms with Crippen molar-refractivity contribution in [3.8, 4) is 0 Å². The fraction of sp³-hybridized carbons (Fsp3) is 0.708. The van der Waals surface area contributed by atoms with Crippen LogP contribution in [0.2, 0.25) is 0 Å². The Balaban J connectivity index is 4.37. The van der Waals surface area contributed by atoms with Crippen LogP contribution >= 0.6 is 0 Å². The Bertz CT molecular complexity index is 1410. The molecular weight excluding hydrogens is 877 g/mol. The number of unbranched alkanes of at least 4 members (excludes halogenated alkanes) is 26. The van der Waals surface area contributed by atoms with Crippen molar-refractivity contribution in [1.29, 1.82) is 0 Å². The smallest absolute Gasteiger partial charge is 0.306 e. The maximum Gasteiger partial charge on any atom is 0.306 e. The maximum absolute atomic E-state index is 12.9. The van der Waals surface area contributed by atoms with Crippen molar-refractivity contribution >= 4 is 17.9 Å². The number of rotatable bonds is 53. The fourth-order valence-corrected chi connectivity index (χ4v) is 8.15. The van der Waals surface area contributed by atoms with Crippen molar-refractivity contribution in [2.24, 2.45) is 0 Å². The van der Waals surface area contributed by atoms with Gasteiger partial charge in [-0.2, -0.15) is 0 Å². The summed E-state index contributed by atoms with van der Waals surface area (Å²) in [4.78, 5) is 38.2. The van der Waals surface area contributed by atoms with Gasteiger partial charge in [0, 0.05) is 19.3 Å². The molecule has 0 saturated carbocycles. The largest absolute Gasteiger partial charge is 0.462 e. The first-order valence-corrected chi connectivity index (χ1v) is 29.7. The molecule has 0 aromatic carbocycles. The number of allylic oxidation sites excluding steroid dienone is 16. The lowest BCUT2D eigenvalue weighted by molar-refractivity contribution is -0.167. The Kier molecular flexibility index (Phi) is 55.9. The molecule has 0 aliphatic rings. The average Bonchev–Trinajstić information content (AvgIpc) is 3.37. The molecule has 0 spiro atoms. The summed E-state index contributed by atoms with van der Waals surface area (Å²) in [5, 5.41) is 0. The highest BCUT2D eigenvalue weighted by Gasteiger charge is 2.19. The second kappa shape index (κ2) is 58.9. The third-order valence-electron chi connectivity index (χ3n) is 12.6. The molecule has 71 heavy (non-hydrogen) atoms. The fourth-order valence-electron chi connectivity index (χ4n) is 8.15. The summed E-state index contributed by atoms with van der Waals surface area (Å²) in [5.41, 5.74) is 0. The number of ether oxygens (including phenoxy) is 3. The molecule has 0 aliphatic carbocycles. The van der Waals surface area contributed by atoms with Crippen LogP contribution in [0.3, 0.4) is 0 Å². The zero-order chi connectivity index (χ0) is 51.4. The van der Waals surface area contributed by atoms with Gasteiger partial charge < -0.3 is 14.2 Å². The summed E-state index contributed by atoms with van der Waals surface area (Å²) in [6.07, 6.45) is 78.3. The molecule has 0 fully saturated rings. The number of hydrogen-bond acceptors (Lipinski definition) is 6. The van der Waals surface area contributed by atoms with E-state index in [1.54, 1.807) is 0 Å². The monoisotopic (exact) mass is 987 g/mol. The minimum atomic E-state index is -0.796. The standard InChI is InChI=1S/C65H110O6/c1-4-7-10-13-16-19-22-25-28-29-30-31-32-33-34-35-38-40-43-46-49-52-55-58-64(67)70-61-62(71-65(68)59-56-53-50-47-44-41-37-27-24-21-18-15-12-9-6-3)60-69-63(66)57-54-51-48-45-42-39-36-26-23-20-17-14-11-8-5-2/h8-9,11-12,17-18,20-22,25-27,29-30,36-37,62H,4-7,10,13-16,19,23-24,28,31-35,38-61H2,1-3H3/b11-8-,12-9-,20-17-,21-18-,25-22-,30-29-,36-26-,37-27-. The van der Waals surface area contributed by atoms with Crippen LogP contribution in [0.1, 0.15) is 278 Å². The Morgan fingerprint density at radius 1 is 0.296 bits per heavy atom. The van der Waals surface area contributed by atoms with Gasteiger partial charge in [0.25, 0.3) is 0 Å². The molecule has 0 aromatic rings. The Morgan fingerprint density at radius 3 is 0.859 bits per heavy atom. The van der Waals surface area contributed by atoms with Crippen LogP contribution in [0.15, 0.2) is 97.2 Å². The molecule has 0 aromatic heterocycles. The minimum Gasteiger partial charge on any atom is -0.462 e. The van der Waals surface area contributed by atoms with E-state index < -0.39 is 6.10 Å². The number of carbonyl (C=O) groups is 3. The van der Waals surface area contributed by atoms with Crippen LogP contribution in [0, 0.1) is 0 Å². The van der Waals surface area contributed by atoms with Gasteiger partial charge in [0.05, 0.1) is 0 Å². The molecule has 0 saturated heterocycles. The predicted molar refractivity (Wildman–Crippen MR) is 307 cm³/mol. The molecular formula is C65H110O6. The van der Waals surface area contributed by atoms with E-state index in [2.05, 4.69) is 118 Å². The van der Waals surface area contributed by atoms with Crippen molar-refractivity contribution in [2.75, 3.05) is 13.2 Å². The molecule has 1 unspecified atom stereocenters. The topological polar surface area (TPSA) is 78.9 Å². The number of hydrogen-bond donors (Lipinski definition) is 0. The number of esters is 3. The van der Waals surface area contributed by atoms with E-state index in [-0.39, 0.29) is 31.1 Å². The van der Waals surface area contributed by atoms with Gasteiger partial charge in [0.1, 0.15) is 13.2 Å². The van der Waals surface area contributed by atoms with Crippen LogP contribution in [0.5, 0.6) is 0 Å². The first-order chi connectivity index (χ1) is 35.0. The predicted octanol–water partition coefficient (Wildman–Crippen LogP) is 20.1. The molecule has 0 bridgehead atoms. The van der Waals surface area contributed by atoms with Gasteiger partial charge in [0.15, 0.2) is 6.10 Å². The van der Waals surface area contributed by atoms with E-state index in [1.165, 1.54) is 96.3 Å². The third kappa shape index (κ3) is 57.1. The van der Waals surface area contributed by atoms with Gasteiger partial charge in [-0.15, -0.1) is 0 Å². The second-order valence-electron chi connectivity index (χ2n) is 19.5. The Hall–Kier alpha value is -3.67. The summed E-state index contributed by atoms with van der Waals surface area (Å²) in [6, 6.07) is 0. The SMILES string of the molecule is CC/C=C\C/C=C\C/C=C\CCCCCCCC(=O)OCC(COC(=O)CCCCCCCCCCCCC/C=C\C/C=C\CCCCCCC)OC(=O)CCCCCCC/C=C\C/C=C\C/C=C\CC. The van der Waals surface area contributed by atoms with Gasteiger partial charge in [-0.3, -0.25) is 14.4 Å². The van der Waals surface area contributed by atoms with Gasteiger partial charge in [-0.05, 0) is 116 Å². The van der Waals surface area contributed by atoms with E-state index in [0.717, 1.165) is 141 Å². The molecule has 0 heterocycles. The molecule has 406 valence electrons. The van der Waals surface area contributed by atoms with Crippen molar-refractivity contribution in [3.05, 3.63) is 97.2 Å². The van der Waals surface area contributed by atoms with Crippen LogP contribution in [0.4, 0.5) is 0 Å². The number of carbonyl (C=O) groups excluding carboxylic acids is 3. The molecule has 6 nitrogen and oxygen atoms in total. The average molecular weight is 988 g/mol. The van der Waals surface area contributed by atoms with Gasteiger partial charge in [-0.1, -0.05) is 240 Å². The van der Waals surface area contributed by atoms with Crippen LogP contribution in [-0.2, 0) is 28.6 Å². The zero-order valence-electron chi connectivity index (χ0n) is 46.5. The zero-order valence-corrected chi connectivity index (χ0v) is 46.5. The first kappa shape index (κ1) is 67.3. The highest BCUT2D eigenvalue weighted by Crippen LogP contribution is 2.15. The van der Waals surface area contributed by atoms with Crippen molar-refractivity contribution in [1.82, 2.24) is 0 Å². The molecule has 1 atom stereocenters. The van der Waals surface area contributed by atoms with E-state index in [9.17, 15) is 14.4 Å². The normalized spacial score (nSPS) is 12.8. The minimum absolute atomic E-state index is 0.0915. The summed E-state index contributed by atoms with van der Waals surface area (Å²) in [6.45, 7) is 6.39. The lowest BCUT2D eigenvalue weighted by Gasteiger charge is -2.18. The summed E-state index contributed by atoms with van der Waals surface area (Å²) in [5.74, 6) is -0.924. The van der Waals surface area contributed by atoms with Gasteiger partial charge in [0.2, 0.25) is 0 Å². The molecule has 0 radical (unpaired) electrons. The lowest BCUT2D eigenvalue weighted by atomic mass is 10.0. The van der Waals surface area contributed by atoms with Crippen molar-refractivity contribution in [2.45, 2.75) is 284 Å². The molecule has 0 N–H and O–H groups in total. The first-order valence-electron chi connectivity index (χ1n) is 29.7. The Labute approximate surface area is 438 Å². The quantitative estimate of drug-likeness (QED) is 0.0261. The van der Waals surface area contributed by atoms with E-state index in [0.29, 0.717) is 19.3 Å².